The van der Waals surface area contributed by atoms with E-state index in [1.807, 2.05) is 24.3 Å². The summed E-state index contributed by atoms with van der Waals surface area (Å²) in [5.41, 5.74) is 16.4. The fourth-order valence-electron chi connectivity index (χ4n) is 10.7. The van der Waals surface area contributed by atoms with Gasteiger partial charge in [0.05, 0.1) is 11.0 Å². The molecule has 1 aliphatic carbocycles. The van der Waals surface area contributed by atoms with Gasteiger partial charge in [0.1, 0.15) is 22.3 Å². The molecule has 0 atom stereocenters. The first-order valence-corrected chi connectivity index (χ1v) is 22.4. The first-order chi connectivity index (χ1) is 32.5. The molecule has 310 valence electrons. The van der Waals surface area contributed by atoms with Crippen molar-refractivity contribution in [1.29, 1.82) is 0 Å². The van der Waals surface area contributed by atoms with Crippen molar-refractivity contribution in [1.82, 2.24) is 19.5 Å². The Hall–Kier alpha value is -8.61. The molecule has 1 aliphatic rings. The summed E-state index contributed by atoms with van der Waals surface area (Å²) in [6, 6.07) is 68.3. The number of para-hydroxylation sites is 4. The van der Waals surface area contributed by atoms with E-state index in [4.69, 9.17) is 23.8 Å². The van der Waals surface area contributed by atoms with Gasteiger partial charge in [0, 0.05) is 65.7 Å². The van der Waals surface area contributed by atoms with Crippen molar-refractivity contribution in [2.75, 3.05) is 0 Å². The maximum Gasteiger partial charge on any atom is 0.164 e. The minimum Gasteiger partial charge on any atom is -0.456 e. The molecule has 66 heavy (non-hydrogen) atoms. The number of hydrogen-bond acceptors (Lipinski definition) is 5. The molecule has 9 aromatic carbocycles. The van der Waals surface area contributed by atoms with Gasteiger partial charge >= 0.3 is 0 Å². The van der Waals surface area contributed by atoms with Crippen molar-refractivity contribution in [3.05, 3.63) is 205 Å². The number of aromatic nitrogens is 4. The zero-order valence-corrected chi connectivity index (χ0v) is 36.1. The Kier molecular flexibility index (Phi) is 7.64. The Morgan fingerprint density at radius 1 is 0.379 bits per heavy atom. The highest BCUT2D eigenvalue weighted by molar-refractivity contribution is 6.19. The van der Waals surface area contributed by atoms with Crippen LogP contribution in [0.15, 0.2) is 203 Å². The summed E-state index contributed by atoms with van der Waals surface area (Å²) in [4.78, 5) is 15.7. The highest BCUT2D eigenvalue weighted by atomic mass is 16.3. The van der Waals surface area contributed by atoms with Gasteiger partial charge in [0.2, 0.25) is 0 Å². The standard InChI is InChI=1S/C60H38N4O2/c1-60(2)48-22-9-6-16-39(48)40-29-26-35(32-49(40)60)57-61-58(36-27-30-42-41-17-8-11-25-52(41)65-53(42)33-36)63-59(62-57)37-28-31-43-45-20-12-21-46(56(45)66-54(43)34-37)44-19-13-24-51-55(44)47-18-7-10-23-50(47)64(51)38-14-4-3-5-15-38/h3-34H,1-2H3. The van der Waals surface area contributed by atoms with E-state index in [1.54, 1.807) is 0 Å². The summed E-state index contributed by atoms with van der Waals surface area (Å²) in [6.07, 6.45) is 0. The zero-order valence-electron chi connectivity index (χ0n) is 36.1. The molecule has 14 rings (SSSR count). The predicted octanol–water partition coefficient (Wildman–Crippen LogP) is 15.7. The van der Waals surface area contributed by atoms with Gasteiger partial charge in [-0.15, -0.1) is 0 Å². The summed E-state index contributed by atoms with van der Waals surface area (Å²) in [5, 5.41) is 6.60. The molecule has 0 aliphatic heterocycles. The molecule has 6 nitrogen and oxygen atoms in total. The van der Waals surface area contributed by atoms with E-state index in [1.165, 1.54) is 33.0 Å². The fourth-order valence-corrected chi connectivity index (χ4v) is 10.7. The largest absolute Gasteiger partial charge is 0.456 e. The van der Waals surface area contributed by atoms with Crippen LogP contribution in [-0.4, -0.2) is 19.5 Å². The number of benzene rings is 9. The minimum absolute atomic E-state index is 0.178. The Balaban J connectivity index is 0.940. The smallest absolute Gasteiger partial charge is 0.164 e. The highest BCUT2D eigenvalue weighted by Gasteiger charge is 2.35. The second-order valence-electron chi connectivity index (χ2n) is 17.9. The first-order valence-electron chi connectivity index (χ1n) is 22.4. The van der Waals surface area contributed by atoms with Gasteiger partial charge in [-0.1, -0.05) is 147 Å². The molecule has 0 spiro atoms. The molecule has 4 heterocycles. The minimum atomic E-state index is -0.178. The van der Waals surface area contributed by atoms with Crippen molar-refractivity contribution in [3.8, 4) is 62.1 Å². The van der Waals surface area contributed by atoms with E-state index >= 15 is 0 Å². The SMILES string of the molecule is CC1(C)c2ccccc2-c2ccc(-c3nc(-c4ccc5c(c4)oc4ccccc45)nc(-c4ccc5c(c4)oc4c(-c6cccc7c6c6ccccc6n7-c6ccccc6)cccc45)n3)cc21. The zero-order chi connectivity index (χ0) is 43.7. The lowest BCUT2D eigenvalue weighted by molar-refractivity contribution is 0.660. The van der Waals surface area contributed by atoms with Crippen molar-refractivity contribution in [2.45, 2.75) is 19.3 Å². The van der Waals surface area contributed by atoms with Crippen LogP contribution >= 0.6 is 0 Å². The number of nitrogens with zero attached hydrogens (tertiary/aromatic N) is 4. The second-order valence-corrected chi connectivity index (χ2v) is 17.9. The highest BCUT2D eigenvalue weighted by Crippen LogP contribution is 2.50. The molecule has 6 heteroatoms. The van der Waals surface area contributed by atoms with Gasteiger partial charge < -0.3 is 13.4 Å². The van der Waals surface area contributed by atoms with Crippen LogP contribution in [0.4, 0.5) is 0 Å². The van der Waals surface area contributed by atoms with Crippen molar-refractivity contribution in [2.24, 2.45) is 0 Å². The third-order valence-corrected chi connectivity index (χ3v) is 13.9. The molecular weight excluding hydrogens is 809 g/mol. The van der Waals surface area contributed by atoms with E-state index in [0.29, 0.717) is 17.5 Å². The summed E-state index contributed by atoms with van der Waals surface area (Å²) < 4.78 is 15.7. The molecule has 0 bridgehead atoms. The average molecular weight is 847 g/mol. The van der Waals surface area contributed by atoms with Crippen molar-refractivity contribution >= 4 is 65.7 Å². The molecule has 0 fully saturated rings. The van der Waals surface area contributed by atoms with Gasteiger partial charge in [-0.25, -0.2) is 15.0 Å². The fraction of sp³-hybridized carbons (Fsp3) is 0.0500. The molecule has 0 N–H and O–H groups in total. The Morgan fingerprint density at radius 3 is 1.73 bits per heavy atom. The van der Waals surface area contributed by atoms with E-state index in [0.717, 1.165) is 88.4 Å². The van der Waals surface area contributed by atoms with Crippen LogP contribution in [0.25, 0.3) is 128 Å². The molecule has 13 aromatic rings. The van der Waals surface area contributed by atoms with E-state index in [9.17, 15) is 0 Å². The molecule has 0 radical (unpaired) electrons. The monoisotopic (exact) mass is 846 g/mol. The van der Waals surface area contributed by atoms with Crippen LogP contribution in [0.5, 0.6) is 0 Å². The van der Waals surface area contributed by atoms with Gasteiger partial charge in [-0.05, 0) is 88.5 Å². The second kappa shape index (κ2) is 13.7. The lowest BCUT2D eigenvalue weighted by atomic mass is 9.82. The molecule has 4 aromatic heterocycles. The quantitative estimate of drug-likeness (QED) is 0.173. The number of rotatable bonds is 5. The Bertz CT molecular complexity index is 4150. The van der Waals surface area contributed by atoms with Crippen molar-refractivity contribution in [3.63, 3.8) is 0 Å². The van der Waals surface area contributed by atoms with Crippen LogP contribution in [-0.2, 0) is 5.41 Å². The molecule has 0 saturated heterocycles. The Morgan fingerprint density at radius 2 is 0.924 bits per heavy atom. The maximum absolute atomic E-state index is 6.97. The summed E-state index contributed by atoms with van der Waals surface area (Å²) in [6.45, 7) is 4.59. The summed E-state index contributed by atoms with van der Waals surface area (Å²) >= 11 is 0. The van der Waals surface area contributed by atoms with E-state index in [2.05, 4.69) is 188 Å². The topological polar surface area (TPSA) is 69.9 Å². The lowest BCUT2D eigenvalue weighted by Crippen LogP contribution is -2.15. The van der Waals surface area contributed by atoms with Gasteiger partial charge in [0.25, 0.3) is 0 Å². The molecule has 0 saturated carbocycles. The van der Waals surface area contributed by atoms with Crippen LogP contribution in [0, 0.1) is 0 Å². The van der Waals surface area contributed by atoms with Gasteiger partial charge in [-0.3, -0.25) is 0 Å². The molecular formula is C60H38N4O2. The summed E-state index contributed by atoms with van der Waals surface area (Å²) in [5.74, 6) is 1.72. The van der Waals surface area contributed by atoms with Crippen LogP contribution in [0.1, 0.15) is 25.0 Å². The van der Waals surface area contributed by atoms with Crippen LogP contribution < -0.4 is 0 Å². The number of fused-ring (bicyclic) bond motifs is 12. The first kappa shape index (κ1) is 36.8. The predicted molar refractivity (Wildman–Crippen MR) is 268 cm³/mol. The van der Waals surface area contributed by atoms with Crippen LogP contribution in [0.3, 0.4) is 0 Å². The maximum atomic E-state index is 6.97. The normalized spacial score (nSPS) is 13.1. The third-order valence-electron chi connectivity index (χ3n) is 13.9. The number of hydrogen-bond donors (Lipinski definition) is 0. The molecule has 0 unspecified atom stereocenters. The van der Waals surface area contributed by atoms with E-state index in [-0.39, 0.29) is 5.41 Å². The van der Waals surface area contributed by atoms with Gasteiger partial charge in [-0.2, -0.15) is 0 Å². The Labute approximate surface area is 379 Å². The van der Waals surface area contributed by atoms with Crippen molar-refractivity contribution < 1.29 is 8.83 Å². The number of furan rings is 2. The van der Waals surface area contributed by atoms with E-state index < -0.39 is 0 Å². The lowest BCUT2D eigenvalue weighted by Gasteiger charge is -2.21. The molecule has 0 amide bonds. The van der Waals surface area contributed by atoms with Gasteiger partial charge in [0.15, 0.2) is 17.5 Å². The average Bonchev–Trinajstić information content (AvgIpc) is 4.10. The van der Waals surface area contributed by atoms with Crippen LogP contribution in [0.2, 0.25) is 0 Å². The third kappa shape index (κ3) is 5.33. The summed E-state index contributed by atoms with van der Waals surface area (Å²) in [7, 11) is 0.